The smallest absolute Gasteiger partial charge is 0.349 e. The van der Waals surface area contributed by atoms with Gasteiger partial charge in [0.1, 0.15) is 11.1 Å². The third-order valence-electron chi connectivity index (χ3n) is 5.38. The van der Waals surface area contributed by atoms with Gasteiger partial charge in [-0.3, -0.25) is 4.79 Å². The maximum Gasteiger partial charge on any atom is 0.349 e. The van der Waals surface area contributed by atoms with Crippen molar-refractivity contribution in [1.82, 2.24) is 5.32 Å². The van der Waals surface area contributed by atoms with Crippen LogP contribution in [0, 0.1) is 0 Å². The Kier molecular flexibility index (Phi) is 7.50. The Morgan fingerprint density at radius 2 is 1.52 bits per heavy atom. The van der Waals surface area contributed by atoms with Gasteiger partial charge in [-0.15, -0.1) is 0 Å². The summed E-state index contributed by atoms with van der Waals surface area (Å²) >= 11 is 3.41. The fourth-order valence-corrected chi connectivity index (χ4v) is 4.20. The van der Waals surface area contributed by atoms with E-state index in [-0.39, 0.29) is 17.5 Å². The molecule has 0 unspecified atom stereocenters. The number of hydrogen-bond acceptors (Lipinski definition) is 3. The Hall–Kier alpha value is -1.62. The van der Waals surface area contributed by atoms with Gasteiger partial charge in [-0.1, -0.05) is 73.7 Å². The minimum absolute atomic E-state index is 0.0896. The van der Waals surface area contributed by atoms with E-state index in [2.05, 4.69) is 21.2 Å². The minimum Gasteiger partial charge on any atom is -0.422 e. The predicted octanol–water partition coefficient (Wildman–Crippen LogP) is 5.96. The van der Waals surface area contributed by atoms with Crippen molar-refractivity contribution in [2.24, 2.45) is 0 Å². The van der Waals surface area contributed by atoms with E-state index < -0.39 is 5.63 Å². The first kappa shape index (κ1) is 20.1. The van der Waals surface area contributed by atoms with Crippen molar-refractivity contribution in [1.29, 1.82) is 0 Å². The zero-order chi connectivity index (χ0) is 19.1. The van der Waals surface area contributed by atoms with E-state index in [0.29, 0.717) is 5.58 Å². The molecule has 4 nitrogen and oxygen atoms in total. The number of benzene rings is 1. The number of hydrogen-bond donors (Lipinski definition) is 1. The molecule has 2 aromatic rings. The molecule has 1 aliphatic rings. The molecule has 0 aliphatic heterocycles. The van der Waals surface area contributed by atoms with Crippen LogP contribution in [0.4, 0.5) is 0 Å². The van der Waals surface area contributed by atoms with Crippen LogP contribution < -0.4 is 10.9 Å². The molecule has 1 amide bonds. The van der Waals surface area contributed by atoms with E-state index in [1.807, 2.05) is 12.1 Å². The summed E-state index contributed by atoms with van der Waals surface area (Å²) in [6.07, 6.45) is 13.2. The highest BCUT2D eigenvalue weighted by Gasteiger charge is 2.18. The third kappa shape index (κ3) is 5.93. The summed E-state index contributed by atoms with van der Waals surface area (Å²) in [4.78, 5) is 25.0. The lowest BCUT2D eigenvalue weighted by atomic mass is 9.97. The van der Waals surface area contributed by atoms with Crippen molar-refractivity contribution in [3.63, 3.8) is 0 Å². The molecule has 1 heterocycles. The average molecular weight is 434 g/mol. The van der Waals surface area contributed by atoms with Crippen LogP contribution >= 0.6 is 15.9 Å². The van der Waals surface area contributed by atoms with Crippen LogP contribution in [0.25, 0.3) is 11.0 Å². The molecule has 0 spiro atoms. The summed E-state index contributed by atoms with van der Waals surface area (Å²) in [5.41, 5.74) is 0.00736. The summed E-state index contributed by atoms with van der Waals surface area (Å²) in [5, 5.41) is 3.84. The first-order valence-corrected chi connectivity index (χ1v) is 11.0. The third-order valence-corrected chi connectivity index (χ3v) is 5.87. The average Bonchev–Trinajstić information content (AvgIpc) is 2.63. The Labute approximate surface area is 168 Å². The van der Waals surface area contributed by atoms with Gasteiger partial charge in [0.05, 0.1) is 0 Å². The number of halogens is 1. The Morgan fingerprint density at radius 1 is 0.926 bits per heavy atom. The highest BCUT2D eigenvalue weighted by Crippen LogP contribution is 2.20. The second-order valence-corrected chi connectivity index (χ2v) is 8.48. The summed E-state index contributed by atoms with van der Waals surface area (Å²) in [6, 6.07) is 7.17. The van der Waals surface area contributed by atoms with E-state index in [0.717, 1.165) is 35.5 Å². The second-order valence-electron chi connectivity index (χ2n) is 7.56. The van der Waals surface area contributed by atoms with E-state index in [4.69, 9.17) is 4.42 Å². The summed E-state index contributed by atoms with van der Waals surface area (Å²) in [5.74, 6) is -0.317. The van der Waals surface area contributed by atoms with Gasteiger partial charge in [-0.2, -0.15) is 0 Å². The summed E-state index contributed by atoms with van der Waals surface area (Å²) in [7, 11) is 0. The molecule has 1 saturated carbocycles. The molecule has 27 heavy (non-hydrogen) atoms. The Morgan fingerprint density at radius 3 is 2.15 bits per heavy atom. The van der Waals surface area contributed by atoms with Crippen LogP contribution in [-0.2, 0) is 0 Å². The Bertz CT molecular complexity index is 818. The molecule has 3 rings (SSSR count). The first-order valence-electron chi connectivity index (χ1n) is 10.2. The first-order chi connectivity index (χ1) is 13.1. The van der Waals surface area contributed by atoms with Gasteiger partial charge >= 0.3 is 5.63 Å². The van der Waals surface area contributed by atoms with E-state index in [9.17, 15) is 9.59 Å². The molecule has 5 heteroatoms. The normalized spacial score (nSPS) is 17.8. The van der Waals surface area contributed by atoms with Crippen LogP contribution in [0.2, 0.25) is 0 Å². The molecule has 1 aliphatic carbocycles. The van der Waals surface area contributed by atoms with Crippen molar-refractivity contribution in [2.45, 2.75) is 76.7 Å². The monoisotopic (exact) mass is 433 g/mol. The quantitative estimate of drug-likeness (QED) is 0.594. The number of amides is 1. The zero-order valence-electron chi connectivity index (χ0n) is 15.8. The number of fused-ring (bicyclic) bond motifs is 1. The van der Waals surface area contributed by atoms with Crippen LogP contribution in [0.1, 0.15) is 81.0 Å². The molecule has 0 atom stereocenters. The number of carbonyl (C=O) groups is 1. The fourth-order valence-electron chi connectivity index (χ4n) is 3.82. The van der Waals surface area contributed by atoms with Crippen LogP contribution in [0.5, 0.6) is 0 Å². The highest BCUT2D eigenvalue weighted by molar-refractivity contribution is 9.10. The zero-order valence-corrected chi connectivity index (χ0v) is 17.4. The van der Waals surface area contributed by atoms with Crippen LogP contribution in [0.15, 0.2) is 37.9 Å². The molecular formula is C22H28BrNO3. The second kappa shape index (κ2) is 10.1. The van der Waals surface area contributed by atoms with Gasteiger partial charge in [0.15, 0.2) is 0 Å². The van der Waals surface area contributed by atoms with E-state index in [1.165, 1.54) is 44.9 Å². The minimum atomic E-state index is -0.574. The van der Waals surface area contributed by atoms with Crippen molar-refractivity contribution >= 4 is 32.8 Å². The number of rotatable bonds is 2. The predicted molar refractivity (Wildman–Crippen MR) is 112 cm³/mol. The molecule has 1 aromatic carbocycles. The summed E-state index contributed by atoms with van der Waals surface area (Å²) in [6.45, 7) is 0. The molecule has 1 fully saturated rings. The van der Waals surface area contributed by atoms with Gasteiger partial charge in [-0.25, -0.2) is 4.79 Å². The molecule has 146 valence electrons. The van der Waals surface area contributed by atoms with Gasteiger partial charge in [0.25, 0.3) is 5.91 Å². The van der Waals surface area contributed by atoms with Crippen molar-refractivity contribution in [3.05, 3.63) is 44.7 Å². The van der Waals surface area contributed by atoms with E-state index >= 15 is 0 Å². The van der Waals surface area contributed by atoms with Crippen molar-refractivity contribution < 1.29 is 9.21 Å². The maximum atomic E-state index is 12.8. The van der Waals surface area contributed by atoms with Crippen molar-refractivity contribution in [2.75, 3.05) is 0 Å². The van der Waals surface area contributed by atoms with E-state index in [1.54, 1.807) is 12.1 Å². The standard InChI is InChI=1S/C22H28BrNO3/c23-17-12-13-20-16(14-17)15-19(22(26)27-20)21(25)24-18-10-8-6-4-2-1-3-5-7-9-11-18/h12-15,18H,1-11H2,(H,24,25). The maximum absolute atomic E-state index is 12.8. The van der Waals surface area contributed by atoms with Gasteiger partial charge < -0.3 is 9.73 Å². The van der Waals surface area contributed by atoms with Gasteiger partial charge in [0, 0.05) is 15.9 Å². The SMILES string of the molecule is O=C(NC1CCCCCCCCCCC1)c1cc2cc(Br)ccc2oc1=O. The fraction of sp³-hybridized carbons (Fsp3) is 0.545. The highest BCUT2D eigenvalue weighted by atomic mass is 79.9. The van der Waals surface area contributed by atoms with Gasteiger partial charge in [-0.05, 0) is 37.1 Å². The summed E-state index contributed by atoms with van der Waals surface area (Å²) < 4.78 is 6.22. The largest absolute Gasteiger partial charge is 0.422 e. The van der Waals surface area contributed by atoms with Crippen molar-refractivity contribution in [3.8, 4) is 0 Å². The molecular weight excluding hydrogens is 406 g/mol. The van der Waals surface area contributed by atoms with Gasteiger partial charge in [0.2, 0.25) is 0 Å². The molecule has 0 radical (unpaired) electrons. The topological polar surface area (TPSA) is 59.3 Å². The lowest BCUT2D eigenvalue weighted by Gasteiger charge is -2.19. The number of carbonyl (C=O) groups excluding carboxylic acids is 1. The molecule has 1 aromatic heterocycles. The van der Waals surface area contributed by atoms with Crippen LogP contribution in [0.3, 0.4) is 0 Å². The van der Waals surface area contributed by atoms with Crippen LogP contribution in [-0.4, -0.2) is 11.9 Å². The molecule has 0 bridgehead atoms. The lowest BCUT2D eigenvalue weighted by Crippen LogP contribution is -2.37. The molecule has 0 saturated heterocycles. The Balaban J connectivity index is 1.70. The molecule has 1 N–H and O–H groups in total. The number of nitrogens with one attached hydrogen (secondary N) is 1. The lowest BCUT2D eigenvalue weighted by molar-refractivity contribution is 0.0928.